The highest BCUT2D eigenvalue weighted by atomic mass is 19.1. The van der Waals surface area contributed by atoms with Crippen molar-refractivity contribution in [3.63, 3.8) is 0 Å². The Morgan fingerprint density at radius 3 is 2.59 bits per heavy atom. The third-order valence-corrected chi connectivity index (χ3v) is 5.02. The molecule has 6 rings (SSSR count). The van der Waals surface area contributed by atoms with Crippen LogP contribution in [0.5, 0.6) is 0 Å². The van der Waals surface area contributed by atoms with Crippen molar-refractivity contribution in [2.24, 2.45) is 0 Å². The number of imidazole rings is 1. The lowest BCUT2D eigenvalue weighted by atomic mass is 10.1. The van der Waals surface area contributed by atoms with Crippen LogP contribution < -0.4 is 4.90 Å². The van der Waals surface area contributed by atoms with Crippen LogP contribution in [0, 0.1) is 17.5 Å². The molecule has 1 aromatic carbocycles. The van der Waals surface area contributed by atoms with Crippen molar-refractivity contribution in [2.45, 2.75) is 13.0 Å². The molecule has 162 valence electrons. The summed E-state index contributed by atoms with van der Waals surface area (Å²) in [5, 5.41) is 11.5. The van der Waals surface area contributed by atoms with Gasteiger partial charge in [0.25, 0.3) is 5.89 Å². The van der Waals surface area contributed by atoms with Gasteiger partial charge in [0.15, 0.2) is 0 Å². The minimum absolute atomic E-state index is 0.166. The maximum Gasteiger partial charge on any atom is 0.318 e. The number of pyridine rings is 1. The topological polar surface area (TPSA) is 88.1 Å². The summed E-state index contributed by atoms with van der Waals surface area (Å²) in [6, 6.07) is 8.50. The van der Waals surface area contributed by atoms with E-state index in [1.165, 1.54) is 16.6 Å². The van der Waals surface area contributed by atoms with Crippen LogP contribution in [-0.2, 0) is 13.0 Å². The molecular weight excluding hydrogens is 423 g/mol. The SMILES string of the molecule is Fc1cccc(F)c1-c1nnc(N2CCc3nc[nH]c3C2)o1.Fc1cccn2nccc12. The fourth-order valence-corrected chi connectivity index (χ4v) is 3.44. The lowest BCUT2D eigenvalue weighted by Gasteiger charge is -2.23. The van der Waals surface area contributed by atoms with Gasteiger partial charge < -0.3 is 14.3 Å². The van der Waals surface area contributed by atoms with E-state index in [-0.39, 0.29) is 23.3 Å². The zero-order valence-corrected chi connectivity index (χ0v) is 16.5. The first-order chi connectivity index (χ1) is 15.6. The van der Waals surface area contributed by atoms with Crippen molar-refractivity contribution in [3.05, 3.63) is 84.0 Å². The summed E-state index contributed by atoms with van der Waals surface area (Å²) in [4.78, 5) is 9.11. The third-order valence-electron chi connectivity index (χ3n) is 5.02. The van der Waals surface area contributed by atoms with Crippen LogP contribution in [0.25, 0.3) is 17.0 Å². The molecule has 0 atom stereocenters. The zero-order chi connectivity index (χ0) is 22.1. The first-order valence-corrected chi connectivity index (χ1v) is 9.72. The fourth-order valence-electron chi connectivity index (χ4n) is 3.44. The molecule has 0 saturated heterocycles. The van der Waals surface area contributed by atoms with Gasteiger partial charge in [-0.3, -0.25) is 0 Å². The lowest BCUT2D eigenvalue weighted by molar-refractivity contribution is 0.517. The molecule has 0 fully saturated rings. The average Bonchev–Trinajstić information content (AvgIpc) is 3.54. The Kier molecular flexibility index (Phi) is 5.06. The van der Waals surface area contributed by atoms with Crippen molar-refractivity contribution in [3.8, 4) is 11.5 Å². The number of fused-ring (bicyclic) bond motifs is 2. The first-order valence-electron chi connectivity index (χ1n) is 9.72. The van der Waals surface area contributed by atoms with Gasteiger partial charge >= 0.3 is 6.01 Å². The van der Waals surface area contributed by atoms with Gasteiger partial charge in [0.05, 0.1) is 30.5 Å². The first kappa shape index (κ1) is 19.8. The largest absolute Gasteiger partial charge is 0.403 e. The van der Waals surface area contributed by atoms with Crippen LogP contribution in [0.4, 0.5) is 19.2 Å². The quantitative estimate of drug-likeness (QED) is 0.451. The summed E-state index contributed by atoms with van der Waals surface area (Å²) in [5.74, 6) is -1.87. The Hall–Kier alpha value is -4.15. The molecule has 0 unspecified atom stereocenters. The number of rotatable bonds is 2. The van der Waals surface area contributed by atoms with Crippen molar-refractivity contribution in [1.82, 2.24) is 29.8 Å². The average molecular weight is 439 g/mol. The molecule has 0 bridgehead atoms. The van der Waals surface area contributed by atoms with Gasteiger partial charge in [-0.1, -0.05) is 11.2 Å². The van der Waals surface area contributed by atoms with Crippen LogP contribution >= 0.6 is 0 Å². The smallest absolute Gasteiger partial charge is 0.318 e. The molecular formula is C21H16F3N7O. The van der Waals surface area contributed by atoms with Crippen LogP contribution in [-0.4, -0.2) is 36.3 Å². The molecule has 1 aliphatic rings. The number of aromatic nitrogens is 6. The van der Waals surface area contributed by atoms with Crippen molar-refractivity contribution >= 4 is 11.5 Å². The Labute approximate surface area is 179 Å². The standard InChI is InChI=1S/C14H11F2N5O.C7H5FN2/c15-8-2-1-3-9(16)12(8)13-19-20-14(22-13)21-5-4-10-11(6-21)18-7-17-10;8-6-2-1-5-10-7(6)3-4-9-10/h1-3,7H,4-6H2,(H,17,18);1-5H. The molecule has 32 heavy (non-hydrogen) atoms. The fraction of sp³-hybridized carbons (Fsp3) is 0.143. The van der Waals surface area contributed by atoms with Crippen LogP contribution in [0.3, 0.4) is 0 Å². The Bertz CT molecular complexity index is 1360. The van der Waals surface area contributed by atoms with Gasteiger partial charge in [-0.05, 0) is 30.3 Å². The summed E-state index contributed by atoms with van der Waals surface area (Å²) in [6.45, 7) is 1.19. The van der Waals surface area contributed by atoms with Crippen LogP contribution in [0.1, 0.15) is 11.4 Å². The number of H-pyrrole nitrogens is 1. The van der Waals surface area contributed by atoms with E-state index in [4.69, 9.17) is 4.42 Å². The van der Waals surface area contributed by atoms with Gasteiger partial charge in [-0.25, -0.2) is 22.7 Å². The van der Waals surface area contributed by atoms with E-state index in [0.29, 0.717) is 18.6 Å². The molecule has 1 N–H and O–H groups in total. The van der Waals surface area contributed by atoms with E-state index in [2.05, 4.69) is 25.3 Å². The normalized spacial score (nSPS) is 13.0. The molecule has 11 heteroatoms. The Morgan fingerprint density at radius 2 is 1.78 bits per heavy atom. The zero-order valence-electron chi connectivity index (χ0n) is 16.5. The number of nitrogens with zero attached hydrogens (tertiary/aromatic N) is 6. The Balaban J connectivity index is 0.000000180. The predicted octanol–water partition coefficient (Wildman–Crippen LogP) is 3.77. The molecule has 0 amide bonds. The van der Waals surface area contributed by atoms with Gasteiger partial charge in [-0.15, -0.1) is 5.10 Å². The molecule has 1 aliphatic heterocycles. The van der Waals surface area contributed by atoms with E-state index < -0.39 is 11.6 Å². The number of anilines is 1. The van der Waals surface area contributed by atoms with E-state index in [1.54, 1.807) is 30.9 Å². The third kappa shape index (κ3) is 3.68. The lowest BCUT2D eigenvalue weighted by Crippen LogP contribution is -2.30. The maximum absolute atomic E-state index is 13.7. The van der Waals surface area contributed by atoms with E-state index in [0.717, 1.165) is 29.9 Å². The highest BCUT2D eigenvalue weighted by Crippen LogP contribution is 2.28. The highest BCUT2D eigenvalue weighted by molar-refractivity contribution is 5.55. The van der Waals surface area contributed by atoms with Gasteiger partial charge in [-0.2, -0.15) is 5.10 Å². The van der Waals surface area contributed by atoms with Crippen molar-refractivity contribution < 1.29 is 17.6 Å². The number of nitrogens with one attached hydrogen (secondary N) is 1. The summed E-state index contributed by atoms with van der Waals surface area (Å²) in [6.07, 6.45) is 5.66. The minimum atomic E-state index is -0.732. The summed E-state index contributed by atoms with van der Waals surface area (Å²) in [7, 11) is 0. The van der Waals surface area contributed by atoms with E-state index in [1.807, 2.05) is 4.90 Å². The second-order valence-corrected chi connectivity index (χ2v) is 7.00. The molecule has 5 heterocycles. The second kappa shape index (κ2) is 8.17. The van der Waals surface area contributed by atoms with E-state index >= 15 is 0 Å². The van der Waals surface area contributed by atoms with Crippen LogP contribution in [0.15, 0.2) is 59.5 Å². The minimum Gasteiger partial charge on any atom is -0.403 e. The summed E-state index contributed by atoms with van der Waals surface area (Å²) in [5.41, 5.74) is 2.20. The number of halogens is 3. The van der Waals surface area contributed by atoms with Crippen molar-refractivity contribution in [1.29, 1.82) is 0 Å². The monoisotopic (exact) mass is 439 g/mol. The molecule has 5 aromatic rings. The predicted molar refractivity (Wildman–Crippen MR) is 108 cm³/mol. The molecule has 0 aliphatic carbocycles. The van der Waals surface area contributed by atoms with Gasteiger partial charge in [0, 0.05) is 19.2 Å². The number of aromatic amines is 1. The van der Waals surface area contributed by atoms with E-state index in [9.17, 15) is 13.2 Å². The summed E-state index contributed by atoms with van der Waals surface area (Å²) >= 11 is 0. The van der Waals surface area contributed by atoms with Crippen LogP contribution in [0.2, 0.25) is 0 Å². The second-order valence-electron chi connectivity index (χ2n) is 7.00. The molecule has 4 aromatic heterocycles. The Morgan fingerprint density at radius 1 is 0.969 bits per heavy atom. The number of hydrogen-bond acceptors (Lipinski definition) is 6. The number of hydrogen-bond donors (Lipinski definition) is 1. The molecule has 0 spiro atoms. The summed E-state index contributed by atoms with van der Waals surface area (Å²) < 4.78 is 47.2. The molecule has 8 nitrogen and oxygen atoms in total. The number of benzene rings is 1. The van der Waals surface area contributed by atoms with Crippen molar-refractivity contribution in [2.75, 3.05) is 11.4 Å². The van der Waals surface area contributed by atoms with Gasteiger partial charge in [0.1, 0.15) is 28.5 Å². The van der Waals surface area contributed by atoms with Gasteiger partial charge in [0.2, 0.25) is 0 Å². The molecule has 0 radical (unpaired) electrons. The maximum atomic E-state index is 13.7. The molecule has 0 saturated carbocycles. The highest BCUT2D eigenvalue weighted by Gasteiger charge is 2.24.